The molecule has 3 heterocycles. The molecule has 9 nitrogen and oxygen atoms in total. The Kier molecular flexibility index (Phi) is 5.68. The molecule has 0 atom stereocenters. The number of carbonyl (C=O) groups excluding carboxylic acids is 1. The van der Waals surface area contributed by atoms with E-state index in [-0.39, 0.29) is 24.1 Å². The molecule has 1 amide bonds. The predicted molar refractivity (Wildman–Crippen MR) is 108 cm³/mol. The lowest BCUT2D eigenvalue weighted by atomic mass is 9.95. The van der Waals surface area contributed by atoms with Crippen LogP contribution >= 0.6 is 0 Å². The van der Waals surface area contributed by atoms with Gasteiger partial charge in [-0.05, 0) is 37.1 Å². The molecule has 0 radical (unpaired) electrons. The normalized spacial score (nSPS) is 15.2. The van der Waals surface area contributed by atoms with Crippen molar-refractivity contribution in [2.45, 2.75) is 25.6 Å². The van der Waals surface area contributed by atoms with E-state index in [4.69, 9.17) is 0 Å². The number of halogens is 3. The van der Waals surface area contributed by atoms with Crippen LogP contribution in [0, 0.1) is 16.0 Å². The van der Waals surface area contributed by atoms with Gasteiger partial charge in [0.15, 0.2) is 11.5 Å². The smallest absolute Gasteiger partial charge is 0.366 e. The van der Waals surface area contributed by atoms with Gasteiger partial charge in [-0.25, -0.2) is 0 Å². The zero-order chi connectivity index (χ0) is 22.9. The molecule has 0 saturated carbocycles. The highest BCUT2D eigenvalue weighted by Crippen LogP contribution is 2.37. The van der Waals surface area contributed by atoms with E-state index in [1.165, 1.54) is 0 Å². The fourth-order valence-electron chi connectivity index (χ4n) is 3.82. The van der Waals surface area contributed by atoms with Gasteiger partial charge in [-0.2, -0.15) is 13.2 Å². The largest absolute Gasteiger partial charge is 0.416 e. The third-order valence-electron chi connectivity index (χ3n) is 5.51. The number of benzene rings is 1. The summed E-state index contributed by atoms with van der Waals surface area (Å²) in [5, 5.41) is 22.3. The van der Waals surface area contributed by atoms with Gasteiger partial charge in [0.2, 0.25) is 5.91 Å². The van der Waals surface area contributed by atoms with Crippen molar-refractivity contribution in [3.05, 3.63) is 64.1 Å². The highest BCUT2D eigenvalue weighted by Gasteiger charge is 2.35. The van der Waals surface area contributed by atoms with Crippen LogP contribution < -0.4 is 10.2 Å². The van der Waals surface area contributed by atoms with Gasteiger partial charge in [0.25, 0.3) is 5.69 Å². The number of nitro groups is 1. The van der Waals surface area contributed by atoms with E-state index >= 15 is 0 Å². The van der Waals surface area contributed by atoms with E-state index in [9.17, 15) is 28.1 Å². The van der Waals surface area contributed by atoms with Gasteiger partial charge in [0, 0.05) is 31.3 Å². The van der Waals surface area contributed by atoms with Crippen LogP contribution in [0.4, 0.5) is 24.5 Å². The number of pyridine rings is 1. The molecule has 12 heteroatoms. The van der Waals surface area contributed by atoms with Crippen molar-refractivity contribution < 1.29 is 22.9 Å². The van der Waals surface area contributed by atoms with Gasteiger partial charge < -0.3 is 10.2 Å². The quantitative estimate of drug-likeness (QED) is 0.475. The standard InChI is InChI=1S/C20H19F3N6O3/c21-20(22,23)14-4-5-15(16(11-14)29(31)32)27-9-6-13(7-10-27)19(30)24-12-18-26-25-17-3-1-2-8-28(17)18/h1-5,8,11,13H,6-7,9-10,12H2,(H,24,30). The van der Waals surface area contributed by atoms with Crippen molar-refractivity contribution in [1.29, 1.82) is 0 Å². The summed E-state index contributed by atoms with van der Waals surface area (Å²) in [6, 6.07) is 7.98. The van der Waals surface area contributed by atoms with Crippen LogP contribution in [0.1, 0.15) is 24.2 Å². The Bertz CT molecular complexity index is 1150. The number of fused-ring (bicyclic) bond motifs is 1. The van der Waals surface area contributed by atoms with Gasteiger partial charge in [0.1, 0.15) is 5.69 Å². The van der Waals surface area contributed by atoms with Crippen LogP contribution in [-0.2, 0) is 17.5 Å². The third-order valence-corrected chi connectivity index (χ3v) is 5.51. The van der Waals surface area contributed by atoms with Crippen LogP contribution in [0.15, 0.2) is 42.6 Å². The maximum Gasteiger partial charge on any atom is 0.416 e. The summed E-state index contributed by atoms with van der Waals surface area (Å²) in [5.74, 6) is 0.116. The zero-order valence-corrected chi connectivity index (χ0v) is 16.7. The summed E-state index contributed by atoms with van der Waals surface area (Å²) in [6.07, 6.45) is -2.02. The topological polar surface area (TPSA) is 106 Å². The van der Waals surface area contributed by atoms with E-state index in [0.717, 1.165) is 12.1 Å². The number of anilines is 1. The molecule has 4 rings (SSSR count). The minimum atomic E-state index is -4.66. The van der Waals surface area contributed by atoms with Gasteiger partial charge in [-0.3, -0.25) is 19.3 Å². The van der Waals surface area contributed by atoms with E-state index in [0.29, 0.717) is 43.5 Å². The molecule has 0 spiro atoms. The molecular formula is C20H19F3N6O3. The zero-order valence-electron chi connectivity index (χ0n) is 16.7. The monoisotopic (exact) mass is 448 g/mol. The SMILES string of the molecule is O=C(NCc1nnc2ccccn12)C1CCN(c2ccc(C(F)(F)F)cc2[N+](=O)[O-])CC1. The number of aromatic nitrogens is 3. The average Bonchev–Trinajstić information content (AvgIpc) is 3.19. The van der Waals surface area contributed by atoms with Crippen molar-refractivity contribution >= 4 is 22.9 Å². The van der Waals surface area contributed by atoms with Crippen molar-refractivity contribution in [3.8, 4) is 0 Å². The third kappa shape index (κ3) is 4.34. The second-order valence-electron chi connectivity index (χ2n) is 7.48. The first-order valence-corrected chi connectivity index (χ1v) is 9.91. The molecule has 1 fully saturated rings. The Labute approximate surface area is 180 Å². The first kappa shape index (κ1) is 21.5. The summed E-state index contributed by atoms with van der Waals surface area (Å²) in [7, 11) is 0. The van der Waals surface area contributed by atoms with Crippen LogP contribution in [-0.4, -0.2) is 38.5 Å². The number of piperidine rings is 1. The van der Waals surface area contributed by atoms with Crippen LogP contribution in [0.3, 0.4) is 0 Å². The molecule has 32 heavy (non-hydrogen) atoms. The first-order valence-electron chi connectivity index (χ1n) is 9.91. The van der Waals surface area contributed by atoms with Gasteiger partial charge in [-0.15, -0.1) is 10.2 Å². The molecule has 1 aromatic carbocycles. The van der Waals surface area contributed by atoms with Crippen molar-refractivity contribution in [2.24, 2.45) is 5.92 Å². The molecule has 2 aromatic heterocycles. The van der Waals surface area contributed by atoms with Crippen molar-refractivity contribution in [3.63, 3.8) is 0 Å². The number of nitrogens with zero attached hydrogens (tertiary/aromatic N) is 5. The highest BCUT2D eigenvalue weighted by atomic mass is 19.4. The Morgan fingerprint density at radius 2 is 1.94 bits per heavy atom. The fourth-order valence-corrected chi connectivity index (χ4v) is 3.82. The summed E-state index contributed by atoms with van der Waals surface area (Å²) in [4.78, 5) is 24.8. The lowest BCUT2D eigenvalue weighted by molar-refractivity contribution is -0.384. The van der Waals surface area contributed by atoms with E-state index in [2.05, 4.69) is 15.5 Å². The molecule has 1 aliphatic rings. The van der Waals surface area contributed by atoms with Crippen LogP contribution in [0.25, 0.3) is 5.65 Å². The Morgan fingerprint density at radius 3 is 2.62 bits per heavy atom. The number of rotatable bonds is 5. The molecule has 3 aromatic rings. The molecular weight excluding hydrogens is 429 g/mol. The summed E-state index contributed by atoms with van der Waals surface area (Å²) >= 11 is 0. The van der Waals surface area contributed by atoms with Gasteiger partial charge in [-0.1, -0.05) is 6.07 Å². The van der Waals surface area contributed by atoms with Gasteiger partial charge in [0.05, 0.1) is 17.0 Å². The molecule has 0 bridgehead atoms. The minimum absolute atomic E-state index is 0.122. The number of amides is 1. The molecule has 1 saturated heterocycles. The Balaban J connectivity index is 1.38. The predicted octanol–water partition coefficient (Wildman–Crippen LogP) is 3.19. The van der Waals surface area contributed by atoms with E-state index in [1.807, 2.05) is 12.1 Å². The average molecular weight is 448 g/mol. The van der Waals surface area contributed by atoms with Crippen molar-refractivity contribution in [2.75, 3.05) is 18.0 Å². The molecule has 0 aliphatic carbocycles. The summed E-state index contributed by atoms with van der Waals surface area (Å²) in [6.45, 7) is 0.838. The number of nitrogens with one attached hydrogen (secondary N) is 1. The first-order chi connectivity index (χ1) is 15.2. The number of hydrogen-bond acceptors (Lipinski definition) is 6. The van der Waals surface area contributed by atoms with E-state index in [1.54, 1.807) is 21.6 Å². The Morgan fingerprint density at radius 1 is 1.19 bits per heavy atom. The van der Waals surface area contributed by atoms with Crippen LogP contribution in [0.5, 0.6) is 0 Å². The number of alkyl halides is 3. The molecule has 168 valence electrons. The number of nitro benzene ring substituents is 1. The lowest BCUT2D eigenvalue weighted by Gasteiger charge is -2.32. The lowest BCUT2D eigenvalue weighted by Crippen LogP contribution is -2.40. The maximum absolute atomic E-state index is 12.9. The highest BCUT2D eigenvalue weighted by molar-refractivity contribution is 5.79. The second-order valence-corrected chi connectivity index (χ2v) is 7.48. The van der Waals surface area contributed by atoms with E-state index < -0.39 is 22.4 Å². The number of carbonyl (C=O) groups is 1. The van der Waals surface area contributed by atoms with Crippen molar-refractivity contribution in [1.82, 2.24) is 19.9 Å². The molecule has 1 aliphatic heterocycles. The maximum atomic E-state index is 12.9. The van der Waals surface area contributed by atoms with Crippen LogP contribution in [0.2, 0.25) is 0 Å². The molecule has 0 unspecified atom stereocenters. The Hall–Kier alpha value is -3.70. The molecule has 1 N–H and O–H groups in total. The fraction of sp³-hybridized carbons (Fsp3) is 0.350. The second kappa shape index (κ2) is 8.44. The minimum Gasteiger partial charge on any atom is -0.366 e. The van der Waals surface area contributed by atoms with Gasteiger partial charge >= 0.3 is 6.18 Å². The summed E-state index contributed by atoms with van der Waals surface area (Å²) < 4.78 is 40.5. The number of hydrogen-bond donors (Lipinski definition) is 1. The summed E-state index contributed by atoms with van der Waals surface area (Å²) in [5.41, 5.74) is -0.871.